The summed E-state index contributed by atoms with van der Waals surface area (Å²) in [6, 6.07) is 11.5. The molecule has 1 aliphatic heterocycles. The fraction of sp³-hybridized carbons (Fsp3) is 0.286. The van der Waals surface area contributed by atoms with E-state index in [0.717, 1.165) is 11.0 Å². The molecule has 5 nitrogen and oxygen atoms in total. The molecule has 0 aliphatic carbocycles. The SMILES string of the molecule is Cc1ccc(N(C(=O)c2ccc(OC(C)C)cc2)[C@@H]2C=CS(=O)(=O)C2)cc1Cl. The van der Waals surface area contributed by atoms with Crippen molar-refractivity contribution in [3.63, 3.8) is 0 Å². The van der Waals surface area contributed by atoms with Gasteiger partial charge in [0.25, 0.3) is 5.91 Å². The summed E-state index contributed by atoms with van der Waals surface area (Å²) in [5, 5.41) is 1.67. The van der Waals surface area contributed by atoms with Crippen LogP contribution in [0.5, 0.6) is 5.75 Å². The summed E-state index contributed by atoms with van der Waals surface area (Å²) in [5.41, 5.74) is 1.86. The van der Waals surface area contributed by atoms with Gasteiger partial charge in [-0.05, 0) is 68.8 Å². The van der Waals surface area contributed by atoms with E-state index in [1.165, 1.54) is 11.0 Å². The van der Waals surface area contributed by atoms with Gasteiger partial charge in [0, 0.05) is 21.7 Å². The first-order chi connectivity index (χ1) is 13.2. The van der Waals surface area contributed by atoms with Gasteiger partial charge in [0.1, 0.15) is 5.75 Å². The number of halogens is 1. The zero-order valence-electron chi connectivity index (χ0n) is 15.9. The summed E-state index contributed by atoms with van der Waals surface area (Å²) in [7, 11) is -3.33. The monoisotopic (exact) mass is 419 g/mol. The van der Waals surface area contributed by atoms with Crippen LogP contribution in [0.25, 0.3) is 0 Å². The second-order valence-electron chi connectivity index (χ2n) is 7.03. The van der Waals surface area contributed by atoms with Crippen molar-refractivity contribution in [2.75, 3.05) is 10.7 Å². The molecular formula is C21H22ClNO4S. The third-order valence-corrected chi connectivity index (χ3v) is 6.15. The maximum absolute atomic E-state index is 13.3. The number of carbonyl (C=O) groups is 1. The van der Waals surface area contributed by atoms with Crippen molar-refractivity contribution in [1.29, 1.82) is 0 Å². The van der Waals surface area contributed by atoms with Crippen molar-refractivity contribution >= 4 is 33.0 Å². The Bertz CT molecular complexity index is 1010. The van der Waals surface area contributed by atoms with Crippen LogP contribution in [0, 0.1) is 6.92 Å². The summed E-state index contributed by atoms with van der Waals surface area (Å²) >= 11 is 6.25. The topological polar surface area (TPSA) is 63.7 Å². The van der Waals surface area contributed by atoms with Crippen molar-refractivity contribution < 1.29 is 17.9 Å². The Hall–Kier alpha value is -2.31. The molecule has 0 saturated heterocycles. The molecular weight excluding hydrogens is 398 g/mol. The van der Waals surface area contributed by atoms with Crippen LogP contribution < -0.4 is 9.64 Å². The number of hydrogen-bond acceptors (Lipinski definition) is 4. The van der Waals surface area contributed by atoms with Gasteiger partial charge in [-0.1, -0.05) is 17.7 Å². The summed E-state index contributed by atoms with van der Waals surface area (Å²) in [6.07, 6.45) is 1.57. The minimum absolute atomic E-state index is 0.0292. The van der Waals surface area contributed by atoms with Crippen molar-refractivity contribution in [2.45, 2.75) is 32.9 Å². The van der Waals surface area contributed by atoms with E-state index in [-0.39, 0.29) is 17.8 Å². The highest BCUT2D eigenvalue weighted by atomic mass is 35.5. The van der Waals surface area contributed by atoms with Crippen LogP contribution in [0.15, 0.2) is 53.9 Å². The lowest BCUT2D eigenvalue weighted by Crippen LogP contribution is -2.41. The first-order valence-corrected chi connectivity index (χ1v) is 11.0. The molecule has 0 radical (unpaired) electrons. The van der Waals surface area contributed by atoms with Crippen LogP contribution in [0.3, 0.4) is 0 Å². The number of ether oxygens (including phenoxy) is 1. The van der Waals surface area contributed by atoms with Crippen LogP contribution in [0.1, 0.15) is 29.8 Å². The Morgan fingerprint density at radius 1 is 1.18 bits per heavy atom. The smallest absolute Gasteiger partial charge is 0.258 e. The zero-order valence-corrected chi connectivity index (χ0v) is 17.5. The average Bonchev–Trinajstić information content (AvgIpc) is 2.97. The lowest BCUT2D eigenvalue weighted by Gasteiger charge is -2.28. The highest BCUT2D eigenvalue weighted by Gasteiger charge is 2.32. The Kier molecular flexibility index (Phi) is 5.82. The van der Waals surface area contributed by atoms with Crippen LogP contribution in [0.4, 0.5) is 5.69 Å². The number of carbonyl (C=O) groups excluding carboxylic acids is 1. The third kappa shape index (κ3) is 4.56. The summed E-state index contributed by atoms with van der Waals surface area (Å²) in [5.74, 6) is 0.210. The fourth-order valence-electron chi connectivity index (χ4n) is 3.00. The van der Waals surface area contributed by atoms with Crippen LogP contribution in [0.2, 0.25) is 5.02 Å². The van der Waals surface area contributed by atoms with Crippen molar-refractivity contribution in [3.8, 4) is 5.75 Å². The van der Waals surface area contributed by atoms with E-state index in [1.54, 1.807) is 36.4 Å². The number of rotatable bonds is 5. The van der Waals surface area contributed by atoms with Gasteiger partial charge in [-0.15, -0.1) is 0 Å². The normalized spacial score (nSPS) is 17.7. The molecule has 2 aromatic rings. The molecule has 0 aromatic heterocycles. The highest BCUT2D eigenvalue weighted by Crippen LogP contribution is 2.29. The number of benzene rings is 2. The molecule has 0 spiro atoms. The van der Waals surface area contributed by atoms with Crippen LogP contribution in [-0.4, -0.2) is 32.2 Å². The fourth-order valence-corrected chi connectivity index (χ4v) is 4.44. The van der Waals surface area contributed by atoms with E-state index in [9.17, 15) is 13.2 Å². The van der Waals surface area contributed by atoms with Gasteiger partial charge in [0.15, 0.2) is 9.84 Å². The summed E-state index contributed by atoms with van der Waals surface area (Å²) < 4.78 is 29.5. The first kappa shape index (κ1) is 20.4. The average molecular weight is 420 g/mol. The van der Waals surface area contributed by atoms with Crippen LogP contribution >= 0.6 is 11.6 Å². The van der Waals surface area contributed by atoms with Gasteiger partial charge in [-0.3, -0.25) is 4.79 Å². The Labute approximate surface area is 170 Å². The van der Waals surface area contributed by atoms with Gasteiger partial charge in [0.05, 0.1) is 17.9 Å². The molecule has 0 unspecified atom stereocenters. The number of sulfone groups is 1. The largest absolute Gasteiger partial charge is 0.491 e. The molecule has 0 N–H and O–H groups in total. The molecule has 7 heteroatoms. The number of hydrogen-bond donors (Lipinski definition) is 0. The second-order valence-corrected chi connectivity index (χ2v) is 9.36. The molecule has 3 rings (SSSR count). The van der Waals surface area contributed by atoms with Gasteiger partial charge < -0.3 is 9.64 Å². The van der Waals surface area contributed by atoms with E-state index < -0.39 is 15.9 Å². The molecule has 2 aromatic carbocycles. The Balaban J connectivity index is 1.97. The zero-order chi connectivity index (χ0) is 20.5. The maximum atomic E-state index is 13.3. The van der Waals surface area contributed by atoms with E-state index in [2.05, 4.69) is 0 Å². The highest BCUT2D eigenvalue weighted by molar-refractivity contribution is 7.94. The van der Waals surface area contributed by atoms with Crippen molar-refractivity contribution in [2.24, 2.45) is 0 Å². The van der Waals surface area contributed by atoms with E-state index in [1.807, 2.05) is 26.8 Å². The minimum Gasteiger partial charge on any atom is -0.491 e. The molecule has 28 heavy (non-hydrogen) atoms. The first-order valence-electron chi connectivity index (χ1n) is 8.94. The predicted octanol–water partition coefficient (Wildman–Crippen LogP) is 4.39. The predicted molar refractivity (Wildman–Crippen MR) is 112 cm³/mol. The Morgan fingerprint density at radius 2 is 1.86 bits per heavy atom. The maximum Gasteiger partial charge on any atom is 0.258 e. The van der Waals surface area contributed by atoms with Gasteiger partial charge >= 0.3 is 0 Å². The molecule has 0 fully saturated rings. The molecule has 1 aliphatic rings. The molecule has 1 heterocycles. The number of nitrogens with zero attached hydrogens (tertiary/aromatic N) is 1. The van der Waals surface area contributed by atoms with Crippen molar-refractivity contribution in [1.82, 2.24) is 0 Å². The Morgan fingerprint density at radius 3 is 2.39 bits per heavy atom. The van der Waals surface area contributed by atoms with Gasteiger partial charge in [-0.2, -0.15) is 0 Å². The summed E-state index contributed by atoms with van der Waals surface area (Å²) in [4.78, 5) is 14.8. The van der Waals surface area contributed by atoms with E-state index in [4.69, 9.17) is 16.3 Å². The number of aryl methyl sites for hydroxylation is 1. The second kappa shape index (κ2) is 7.97. The molecule has 0 bridgehead atoms. The molecule has 1 amide bonds. The van der Waals surface area contributed by atoms with Crippen molar-refractivity contribution in [3.05, 3.63) is 70.1 Å². The molecule has 1 atom stereocenters. The van der Waals surface area contributed by atoms with Gasteiger partial charge in [0.2, 0.25) is 0 Å². The van der Waals surface area contributed by atoms with Crippen LogP contribution in [-0.2, 0) is 9.84 Å². The number of amides is 1. The quantitative estimate of drug-likeness (QED) is 0.720. The van der Waals surface area contributed by atoms with Gasteiger partial charge in [-0.25, -0.2) is 8.42 Å². The molecule has 0 saturated carbocycles. The third-order valence-electron chi connectivity index (χ3n) is 4.37. The lowest BCUT2D eigenvalue weighted by atomic mass is 10.1. The summed E-state index contributed by atoms with van der Waals surface area (Å²) in [6.45, 7) is 5.72. The minimum atomic E-state index is -3.33. The number of anilines is 1. The molecule has 148 valence electrons. The van der Waals surface area contributed by atoms with E-state index >= 15 is 0 Å². The standard InChI is InChI=1S/C21H22ClNO4S/c1-14(2)27-19-8-5-16(6-9-19)21(24)23(18-10-11-28(25,26)13-18)17-7-4-15(3)20(22)12-17/h4-12,14,18H,13H2,1-3H3/t18-/m1/s1. The lowest BCUT2D eigenvalue weighted by molar-refractivity contribution is 0.0983. The van der Waals surface area contributed by atoms with E-state index in [0.29, 0.717) is 22.0 Å².